The van der Waals surface area contributed by atoms with Crippen LogP contribution in [0, 0.1) is 20.8 Å². The number of aryl methyl sites for hydroxylation is 3. The van der Waals surface area contributed by atoms with Crippen molar-refractivity contribution < 1.29 is 0 Å². The second-order valence-corrected chi connectivity index (χ2v) is 26.6. The van der Waals surface area contributed by atoms with E-state index in [0.29, 0.717) is 0 Å². The summed E-state index contributed by atoms with van der Waals surface area (Å²) in [5.74, 6) is 0. The molecular weight excluding hydrogens is 808 g/mol. The van der Waals surface area contributed by atoms with Gasteiger partial charge < -0.3 is 9.80 Å². The van der Waals surface area contributed by atoms with E-state index in [0.717, 1.165) is 12.8 Å². The molecule has 0 amide bonds. The molecule has 6 aromatic rings. The van der Waals surface area contributed by atoms with Gasteiger partial charge in [-0.1, -0.05) is 158 Å². The van der Waals surface area contributed by atoms with E-state index in [9.17, 15) is 0 Å². The summed E-state index contributed by atoms with van der Waals surface area (Å²) in [5.41, 5.74) is 28.2. The molecule has 3 aliphatic carbocycles. The predicted molar refractivity (Wildman–Crippen MR) is 290 cm³/mol. The Morgan fingerprint density at radius 1 is 0.403 bits per heavy atom. The highest BCUT2D eigenvalue weighted by Gasteiger charge is 2.50. The Labute approximate surface area is 404 Å². The summed E-state index contributed by atoms with van der Waals surface area (Å²) in [6.45, 7) is 41.6. The van der Waals surface area contributed by atoms with Gasteiger partial charge in [-0.05, 0) is 193 Å². The lowest BCUT2D eigenvalue weighted by Gasteiger charge is -2.47. The molecule has 6 aromatic carbocycles. The van der Waals surface area contributed by atoms with Gasteiger partial charge in [0.2, 0.25) is 0 Å². The van der Waals surface area contributed by atoms with Gasteiger partial charge in [-0.3, -0.25) is 0 Å². The molecule has 0 fully saturated rings. The Hall–Kier alpha value is -5.02. The zero-order chi connectivity index (χ0) is 47.9. The van der Waals surface area contributed by atoms with Gasteiger partial charge in [0.15, 0.2) is 0 Å². The number of nitrogens with zero attached hydrogens (tertiary/aromatic N) is 2. The van der Waals surface area contributed by atoms with Crippen LogP contribution in [-0.2, 0) is 37.9 Å². The molecule has 0 aromatic heterocycles. The van der Waals surface area contributed by atoms with Crippen LogP contribution in [0.5, 0.6) is 0 Å². The van der Waals surface area contributed by atoms with Crippen molar-refractivity contribution >= 4 is 57.2 Å². The summed E-state index contributed by atoms with van der Waals surface area (Å²) in [5, 5.41) is 0. The van der Waals surface area contributed by atoms with Gasteiger partial charge in [0.25, 0.3) is 6.71 Å². The molecule has 11 rings (SSSR count). The Kier molecular flexibility index (Phi) is 9.18. The van der Waals surface area contributed by atoms with Gasteiger partial charge in [-0.2, -0.15) is 0 Å². The third-order valence-corrected chi connectivity index (χ3v) is 18.2. The van der Waals surface area contributed by atoms with Crippen LogP contribution in [0.25, 0.3) is 0 Å². The van der Waals surface area contributed by atoms with Crippen LogP contribution in [0.3, 0.4) is 0 Å². The first-order valence-corrected chi connectivity index (χ1v) is 25.6. The van der Waals surface area contributed by atoms with E-state index in [1.54, 1.807) is 0 Å². The minimum Gasteiger partial charge on any atom is -0.311 e. The molecule has 0 radical (unpaired) electrons. The number of rotatable bonds is 4. The van der Waals surface area contributed by atoms with E-state index in [4.69, 9.17) is 0 Å². The highest BCUT2D eigenvalue weighted by Crippen LogP contribution is 2.56. The average molecular weight is 883 g/mol. The summed E-state index contributed by atoms with van der Waals surface area (Å²) in [7, 11) is 0. The molecule has 0 atom stereocenters. The number of benzene rings is 6. The van der Waals surface area contributed by atoms with Crippen LogP contribution >= 0.6 is 0 Å². The minimum atomic E-state index is -0.205. The van der Waals surface area contributed by atoms with Crippen LogP contribution in [-0.4, -0.2) is 6.71 Å². The number of anilines is 6. The summed E-state index contributed by atoms with van der Waals surface area (Å²) in [6, 6.07) is 39.5. The van der Waals surface area contributed by atoms with Gasteiger partial charge in [-0.25, -0.2) is 0 Å². The van der Waals surface area contributed by atoms with Crippen LogP contribution in [0.1, 0.15) is 184 Å². The maximum atomic E-state index is 2.74. The molecule has 5 aliphatic rings. The fourth-order valence-corrected chi connectivity index (χ4v) is 14.8. The molecular formula is C64H75BN2. The van der Waals surface area contributed by atoms with E-state index >= 15 is 0 Å². The molecule has 2 nitrogen and oxygen atoms in total. The van der Waals surface area contributed by atoms with Gasteiger partial charge in [0, 0.05) is 39.5 Å². The maximum absolute atomic E-state index is 2.74. The fourth-order valence-electron chi connectivity index (χ4n) is 14.8. The first kappa shape index (κ1) is 44.5. The minimum absolute atomic E-state index is 0.0558. The quantitative estimate of drug-likeness (QED) is 0.163. The topological polar surface area (TPSA) is 6.48 Å². The first-order chi connectivity index (χ1) is 31.1. The smallest absolute Gasteiger partial charge is 0.252 e. The molecule has 0 spiro atoms. The Balaban J connectivity index is 1.26. The molecule has 344 valence electrons. The van der Waals surface area contributed by atoms with Crippen molar-refractivity contribution in [2.75, 3.05) is 9.80 Å². The van der Waals surface area contributed by atoms with Crippen molar-refractivity contribution in [2.24, 2.45) is 0 Å². The molecule has 0 N–H and O–H groups in total. The van der Waals surface area contributed by atoms with E-state index < -0.39 is 0 Å². The lowest BCUT2D eigenvalue weighted by molar-refractivity contribution is 0.332. The standard InChI is InChI=1S/C64H75BN2/c1-38-27-55-57-56(28-38)67(51-33-46-43(29-39(51)2)58(4,5)25-26-59(46,6)7)54-35-48-45(61(10,11)37-63(48,14)15)32-50(54)65(57)49-24-23-42(64(16,17)41-21-19-18-20-22-41)31-53(49)66(55)52-34-47-44(30-40(52)3)60(8,9)36-62(47,12)13/h18-24,27-35H,25-26,36-37H2,1-17H3. The second kappa shape index (κ2) is 13.8. The molecule has 67 heavy (non-hydrogen) atoms. The number of fused-ring (bicyclic) bond motifs is 7. The zero-order valence-electron chi connectivity index (χ0n) is 44.0. The van der Waals surface area contributed by atoms with Crippen LogP contribution < -0.4 is 26.2 Å². The van der Waals surface area contributed by atoms with E-state index in [-0.39, 0.29) is 44.6 Å². The SMILES string of the molecule is Cc1cc2c3c(c1)N(c1cc4c(cc1C)C(C)(C)CCC4(C)C)c1cc4c(cc1B3c1ccc(C(C)(C)c3ccccc3)cc1N2c1cc2c(cc1C)C(C)(C)CC2(C)C)C(C)(C)CC4(C)C. The molecule has 0 bridgehead atoms. The van der Waals surface area contributed by atoms with E-state index in [1.807, 2.05) is 0 Å². The number of hydrogen-bond donors (Lipinski definition) is 0. The summed E-state index contributed by atoms with van der Waals surface area (Å²) in [6.07, 6.45) is 4.67. The van der Waals surface area contributed by atoms with Crippen LogP contribution in [0.2, 0.25) is 0 Å². The molecule has 2 heterocycles. The van der Waals surface area contributed by atoms with Crippen molar-refractivity contribution in [3.8, 4) is 0 Å². The zero-order valence-corrected chi connectivity index (χ0v) is 44.0. The summed E-state index contributed by atoms with van der Waals surface area (Å²) in [4.78, 5) is 5.46. The lowest BCUT2D eigenvalue weighted by atomic mass is 9.33. The first-order valence-electron chi connectivity index (χ1n) is 25.6. The molecule has 2 aliphatic heterocycles. The average Bonchev–Trinajstić information content (AvgIpc) is 3.54. The fraction of sp³-hybridized carbons (Fsp3) is 0.438. The molecule has 3 heteroatoms. The highest BCUT2D eigenvalue weighted by atomic mass is 15.2. The summed E-state index contributed by atoms with van der Waals surface area (Å²) >= 11 is 0. The van der Waals surface area contributed by atoms with Crippen molar-refractivity contribution in [1.29, 1.82) is 0 Å². The normalized spacial score (nSPS) is 20.4. The summed E-state index contributed by atoms with van der Waals surface area (Å²) < 4.78 is 0. The largest absolute Gasteiger partial charge is 0.311 e. The van der Waals surface area contributed by atoms with Gasteiger partial charge in [0.1, 0.15) is 0 Å². The molecule has 0 saturated carbocycles. The molecule has 0 saturated heterocycles. The maximum Gasteiger partial charge on any atom is 0.252 e. The van der Waals surface area contributed by atoms with Crippen molar-refractivity contribution in [1.82, 2.24) is 0 Å². The van der Waals surface area contributed by atoms with Crippen molar-refractivity contribution in [3.63, 3.8) is 0 Å². The Morgan fingerprint density at radius 2 is 0.821 bits per heavy atom. The van der Waals surface area contributed by atoms with Gasteiger partial charge in [0.05, 0.1) is 0 Å². The Morgan fingerprint density at radius 3 is 1.33 bits per heavy atom. The van der Waals surface area contributed by atoms with E-state index in [1.165, 1.54) is 125 Å². The molecule has 0 unspecified atom stereocenters. The second-order valence-electron chi connectivity index (χ2n) is 26.6. The van der Waals surface area contributed by atoms with E-state index in [2.05, 4.69) is 225 Å². The number of hydrogen-bond acceptors (Lipinski definition) is 2. The third-order valence-electron chi connectivity index (χ3n) is 18.2. The predicted octanol–water partition coefficient (Wildman–Crippen LogP) is 15.3. The van der Waals surface area contributed by atoms with Crippen LogP contribution in [0.4, 0.5) is 34.1 Å². The monoisotopic (exact) mass is 883 g/mol. The van der Waals surface area contributed by atoms with Gasteiger partial charge in [-0.15, -0.1) is 0 Å². The van der Waals surface area contributed by atoms with Crippen LogP contribution in [0.15, 0.2) is 97.1 Å². The van der Waals surface area contributed by atoms with Crippen molar-refractivity contribution in [2.45, 2.75) is 181 Å². The van der Waals surface area contributed by atoms with Crippen molar-refractivity contribution in [3.05, 3.63) is 158 Å². The Bertz CT molecular complexity index is 3100. The highest BCUT2D eigenvalue weighted by molar-refractivity contribution is 7.00. The third kappa shape index (κ3) is 6.34. The van der Waals surface area contributed by atoms with Gasteiger partial charge >= 0.3 is 0 Å². The lowest BCUT2D eigenvalue weighted by Crippen LogP contribution is -2.61.